The van der Waals surface area contributed by atoms with Gasteiger partial charge in [0.15, 0.2) is 0 Å². The van der Waals surface area contributed by atoms with E-state index in [1.165, 1.54) is 0 Å². The van der Waals surface area contributed by atoms with Gasteiger partial charge in [0.05, 0.1) is 12.5 Å². The molecule has 0 aliphatic rings. The van der Waals surface area contributed by atoms with Crippen molar-refractivity contribution in [3.63, 3.8) is 0 Å². The molecule has 3 nitrogen and oxygen atoms in total. The minimum absolute atomic E-state index is 0.298. The van der Waals surface area contributed by atoms with E-state index in [0.717, 1.165) is 12.8 Å². The molecule has 0 aromatic rings. The highest BCUT2D eigenvalue weighted by atomic mass is 19.1. The number of carbonyl (C=O) groups excluding carboxylic acids is 1. The second-order valence-corrected chi connectivity index (χ2v) is 3.36. The van der Waals surface area contributed by atoms with Crippen LogP contribution in [-0.4, -0.2) is 32.5 Å². The lowest BCUT2D eigenvalue weighted by Gasteiger charge is -2.11. The van der Waals surface area contributed by atoms with Crippen LogP contribution in [0.2, 0.25) is 0 Å². The van der Waals surface area contributed by atoms with E-state index >= 15 is 0 Å². The van der Waals surface area contributed by atoms with Gasteiger partial charge in [-0.1, -0.05) is 13.3 Å². The van der Waals surface area contributed by atoms with Crippen LogP contribution < -0.4 is 0 Å². The lowest BCUT2D eigenvalue weighted by molar-refractivity contribution is -0.149. The Morgan fingerprint density at radius 3 is 2.60 bits per heavy atom. The molecular weight excluding hydrogens is 199 g/mol. The van der Waals surface area contributed by atoms with E-state index in [2.05, 4.69) is 6.92 Å². The van der Waals surface area contributed by atoms with Gasteiger partial charge >= 0.3 is 5.97 Å². The summed E-state index contributed by atoms with van der Waals surface area (Å²) in [4.78, 5) is 11.2. The summed E-state index contributed by atoms with van der Waals surface area (Å²) in [6.45, 7) is 4.52. The zero-order valence-corrected chi connectivity index (χ0v) is 9.63. The molecule has 15 heavy (non-hydrogen) atoms. The summed E-state index contributed by atoms with van der Waals surface area (Å²) in [5, 5.41) is 0. The molecule has 0 aromatic carbocycles. The minimum Gasteiger partial charge on any atom is -0.466 e. The van der Waals surface area contributed by atoms with Crippen LogP contribution in [0.5, 0.6) is 0 Å². The molecule has 0 aromatic heterocycles. The third-order valence-corrected chi connectivity index (χ3v) is 2.06. The molecule has 1 unspecified atom stereocenters. The van der Waals surface area contributed by atoms with Gasteiger partial charge in [-0.25, -0.2) is 0 Å². The maximum Gasteiger partial charge on any atom is 0.311 e. The smallest absolute Gasteiger partial charge is 0.311 e. The van der Waals surface area contributed by atoms with Crippen LogP contribution in [0.25, 0.3) is 0 Å². The van der Waals surface area contributed by atoms with Crippen molar-refractivity contribution in [3.8, 4) is 0 Å². The van der Waals surface area contributed by atoms with Crippen LogP contribution >= 0.6 is 0 Å². The highest BCUT2D eigenvalue weighted by Gasteiger charge is 2.18. The second-order valence-electron chi connectivity index (χ2n) is 3.36. The van der Waals surface area contributed by atoms with Gasteiger partial charge in [-0.2, -0.15) is 0 Å². The van der Waals surface area contributed by atoms with E-state index in [-0.39, 0.29) is 0 Å². The number of carbonyl (C=O) groups is 1. The van der Waals surface area contributed by atoms with Gasteiger partial charge in [-0.15, -0.1) is 0 Å². The van der Waals surface area contributed by atoms with E-state index in [1.807, 2.05) is 0 Å². The summed E-state index contributed by atoms with van der Waals surface area (Å²) in [5.41, 5.74) is 0. The summed E-state index contributed by atoms with van der Waals surface area (Å²) < 4.78 is 22.4. The van der Waals surface area contributed by atoms with Crippen LogP contribution in [0.3, 0.4) is 0 Å². The standard InChI is InChI=1S/C11H21FO3/c1-3-5-7-14-8-6-10(9-12)11(13)15-4-2/h10H,3-9H2,1-2H3. The third kappa shape index (κ3) is 7.31. The molecule has 0 spiro atoms. The average molecular weight is 220 g/mol. The van der Waals surface area contributed by atoms with E-state index in [4.69, 9.17) is 9.47 Å². The Morgan fingerprint density at radius 1 is 1.33 bits per heavy atom. The number of rotatable bonds is 9. The summed E-state index contributed by atoms with van der Waals surface area (Å²) in [6, 6.07) is 0. The predicted octanol–water partition coefficient (Wildman–Crippen LogP) is 2.34. The lowest BCUT2D eigenvalue weighted by atomic mass is 10.1. The van der Waals surface area contributed by atoms with Crippen molar-refractivity contribution in [1.82, 2.24) is 0 Å². The average Bonchev–Trinajstić information content (AvgIpc) is 2.23. The van der Waals surface area contributed by atoms with Crippen molar-refractivity contribution in [3.05, 3.63) is 0 Å². The van der Waals surface area contributed by atoms with E-state index in [0.29, 0.717) is 26.2 Å². The number of hydrogen-bond acceptors (Lipinski definition) is 3. The van der Waals surface area contributed by atoms with Crippen LogP contribution in [-0.2, 0) is 14.3 Å². The van der Waals surface area contributed by atoms with Crippen molar-refractivity contribution in [2.24, 2.45) is 5.92 Å². The first-order valence-electron chi connectivity index (χ1n) is 5.56. The summed E-state index contributed by atoms with van der Waals surface area (Å²) in [5.74, 6) is -1.12. The Hall–Kier alpha value is -0.640. The molecule has 1 atom stereocenters. The number of hydrogen-bond donors (Lipinski definition) is 0. The van der Waals surface area contributed by atoms with Gasteiger partial charge in [-0.05, 0) is 19.8 Å². The number of unbranched alkanes of at least 4 members (excludes halogenated alkanes) is 1. The third-order valence-electron chi connectivity index (χ3n) is 2.06. The normalized spacial score (nSPS) is 12.5. The van der Waals surface area contributed by atoms with E-state index in [9.17, 15) is 9.18 Å². The van der Waals surface area contributed by atoms with Gasteiger partial charge in [0.1, 0.15) is 6.67 Å². The molecule has 0 saturated heterocycles. The SMILES string of the molecule is CCCCOCCC(CF)C(=O)OCC. The van der Waals surface area contributed by atoms with Crippen LogP contribution in [0.4, 0.5) is 4.39 Å². The van der Waals surface area contributed by atoms with Gasteiger partial charge in [0.2, 0.25) is 0 Å². The lowest BCUT2D eigenvalue weighted by Crippen LogP contribution is -2.21. The topological polar surface area (TPSA) is 35.5 Å². The number of ether oxygens (including phenoxy) is 2. The van der Waals surface area contributed by atoms with Crippen molar-refractivity contribution in [2.75, 3.05) is 26.5 Å². The molecule has 90 valence electrons. The summed E-state index contributed by atoms with van der Waals surface area (Å²) >= 11 is 0. The highest BCUT2D eigenvalue weighted by Crippen LogP contribution is 2.07. The first kappa shape index (κ1) is 14.4. The van der Waals surface area contributed by atoms with Crippen LogP contribution in [0.1, 0.15) is 33.1 Å². The Labute approximate surface area is 90.9 Å². The molecule has 0 bridgehead atoms. The fraction of sp³-hybridized carbons (Fsp3) is 0.909. The Kier molecular flexibility index (Phi) is 9.48. The monoisotopic (exact) mass is 220 g/mol. The zero-order valence-electron chi connectivity index (χ0n) is 9.63. The fourth-order valence-electron chi connectivity index (χ4n) is 1.09. The Bertz CT molecular complexity index is 162. The van der Waals surface area contributed by atoms with Crippen molar-refractivity contribution in [2.45, 2.75) is 33.1 Å². The summed E-state index contributed by atoms with van der Waals surface area (Å²) in [6.07, 6.45) is 2.48. The van der Waals surface area contributed by atoms with Crippen molar-refractivity contribution >= 4 is 5.97 Å². The second kappa shape index (κ2) is 9.90. The highest BCUT2D eigenvalue weighted by molar-refractivity contribution is 5.72. The Morgan fingerprint density at radius 2 is 2.07 bits per heavy atom. The molecular formula is C11H21FO3. The summed E-state index contributed by atoms with van der Waals surface area (Å²) in [7, 11) is 0. The van der Waals surface area contributed by atoms with Gasteiger partial charge in [-0.3, -0.25) is 9.18 Å². The molecule has 0 N–H and O–H groups in total. The Balaban J connectivity index is 3.56. The quantitative estimate of drug-likeness (QED) is 0.442. The van der Waals surface area contributed by atoms with E-state index < -0.39 is 18.6 Å². The molecule has 0 saturated carbocycles. The molecule has 0 rings (SSSR count). The molecule has 0 heterocycles. The number of alkyl halides is 1. The maximum absolute atomic E-state index is 12.5. The minimum atomic E-state index is -0.671. The van der Waals surface area contributed by atoms with E-state index in [1.54, 1.807) is 6.92 Å². The van der Waals surface area contributed by atoms with Gasteiger partial charge in [0.25, 0.3) is 0 Å². The molecule has 0 radical (unpaired) electrons. The number of esters is 1. The number of halogens is 1. The van der Waals surface area contributed by atoms with Gasteiger partial charge in [0, 0.05) is 13.2 Å². The van der Waals surface area contributed by atoms with Crippen molar-refractivity contribution < 1.29 is 18.7 Å². The zero-order chi connectivity index (χ0) is 11.5. The van der Waals surface area contributed by atoms with Crippen LogP contribution in [0, 0.1) is 5.92 Å². The first-order chi connectivity index (χ1) is 7.26. The fourth-order valence-corrected chi connectivity index (χ4v) is 1.09. The molecule has 0 aliphatic heterocycles. The van der Waals surface area contributed by atoms with Crippen molar-refractivity contribution in [1.29, 1.82) is 0 Å². The first-order valence-corrected chi connectivity index (χ1v) is 5.56. The molecule has 0 fully saturated rings. The molecule has 4 heteroatoms. The van der Waals surface area contributed by atoms with Crippen LogP contribution in [0.15, 0.2) is 0 Å². The molecule has 0 amide bonds. The molecule has 0 aliphatic carbocycles. The van der Waals surface area contributed by atoms with Gasteiger partial charge < -0.3 is 9.47 Å². The predicted molar refractivity (Wildman–Crippen MR) is 56.4 cm³/mol. The maximum atomic E-state index is 12.5. The largest absolute Gasteiger partial charge is 0.466 e.